The van der Waals surface area contributed by atoms with Crippen LogP contribution in [0.15, 0.2) is 35.3 Å². The van der Waals surface area contributed by atoms with Gasteiger partial charge in [-0.25, -0.2) is 4.99 Å². The van der Waals surface area contributed by atoms with Gasteiger partial charge in [-0.15, -0.1) is 0 Å². The van der Waals surface area contributed by atoms with Crippen molar-refractivity contribution in [3.63, 3.8) is 0 Å². The Labute approximate surface area is 105 Å². The minimum absolute atomic E-state index is 0.0407. The first-order valence-corrected chi connectivity index (χ1v) is 5.89. The molecule has 94 valence electrons. The highest BCUT2D eigenvalue weighted by Crippen LogP contribution is 2.07. The summed E-state index contributed by atoms with van der Waals surface area (Å²) in [6.07, 6.45) is 1.78. The molecule has 2 rings (SSSR count). The topological polar surface area (TPSA) is 70.6 Å². The number of nitrogens with zero attached hydrogens (tertiary/aromatic N) is 1. The van der Waals surface area contributed by atoms with E-state index in [-0.39, 0.29) is 12.0 Å². The van der Waals surface area contributed by atoms with Crippen LogP contribution in [-0.4, -0.2) is 23.8 Å². The van der Waals surface area contributed by atoms with Gasteiger partial charge in [0, 0.05) is 0 Å². The summed E-state index contributed by atoms with van der Waals surface area (Å²) in [5, 5.41) is 4.77. The Kier molecular flexibility index (Phi) is 3.72. The van der Waals surface area contributed by atoms with Crippen LogP contribution in [0.25, 0.3) is 0 Å². The third kappa shape index (κ3) is 3.16. The van der Waals surface area contributed by atoms with Crippen LogP contribution < -0.4 is 10.6 Å². The number of benzene rings is 1. The number of carbonyl (C=O) groups is 2. The molecule has 0 spiro atoms. The summed E-state index contributed by atoms with van der Waals surface area (Å²) in [6.45, 7) is 1.95. The maximum absolute atomic E-state index is 10.9. The van der Waals surface area contributed by atoms with E-state index in [0.717, 1.165) is 12.8 Å². The van der Waals surface area contributed by atoms with Gasteiger partial charge in [0.05, 0.1) is 6.04 Å². The number of hydrogen-bond acceptors (Lipinski definition) is 3. The van der Waals surface area contributed by atoms with Gasteiger partial charge < -0.3 is 0 Å². The SMILES string of the molecule is CC(CCc1ccccc1)N=C1NC(=O)C(=O)N1. The van der Waals surface area contributed by atoms with Crippen LogP contribution in [0, 0.1) is 0 Å². The van der Waals surface area contributed by atoms with Crippen LogP contribution in [0.3, 0.4) is 0 Å². The van der Waals surface area contributed by atoms with Crippen molar-refractivity contribution < 1.29 is 9.59 Å². The Bertz CT molecular complexity index is 464. The maximum atomic E-state index is 10.9. The van der Waals surface area contributed by atoms with E-state index in [1.54, 1.807) is 0 Å². The molecular weight excluding hydrogens is 230 g/mol. The van der Waals surface area contributed by atoms with E-state index >= 15 is 0 Å². The van der Waals surface area contributed by atoms with E-state index in [1.165, 1.54) is 5.56 Å². The number of nitrogens with one attached hydrogen (secondary N) is 2. The summed E-state index contributed by atoms with van der Waals surface area (Å²) >= 11 is 0. The zero-order valence-corrected chi connectivity index (χ0v) is 10.1. The van der Waals surface area contributed by atoms with Gasteiger partial charge in [-0.05, 0) is 25.3 Å². The molecule has 1 aliphatic rings. The zero-order chi connectivity index (χ0) is 13.0. The molecule has 5 nitrogen and oxygen atoms in total. The van der Waals surface area contributed by atoms with Gasteiger partial charge in [-0.1, -0.05) is 30.3 Å². The first kappa shape index (κ1) is 12.3. The molecule has 5 heteroatoms. The summed E-state index contributed by atoms with van der Waals surface area (Å²) in [6, 6.07) is 10.2. The van der Waals surface area contributed by atoms with Gasteiger partial charge in [0.15, 0.2) is 0 Å². The number of aryl methyl sites for hydroxylation is 1. The molecule has 0 radical (unpaired) electrons. The Morgan fingerprint density at radius 3 is 2.33 bits per heavy atom. The number of aliphatic imine (C=N–C) groups is 1. The Morgan fingerprint density at radius 1 is 1.11 bits per heavy atom. The van der Waals surface area contributed by atoms with Crippen molar-refractivity contribution in [3.8, 4) is 0 Å². The van der Waals surface area contributed by atoms with Crippen molar-refractivity contribution in [2.75, 3.05) is 0 Å². The summed E-state index contributed by atoms with van der Waals surface area (Å²) in [4.78, 5) is 26.1. The van der Waals surface area contributed by atoms with E-state index in [0.29, 0.717) is 0 Å². The predicted molar refractivity (Wildman–Crippen MR) is 67.9 cm³/mol. The highest BCUT2D eigenvalue weighted by atomic mass is 16.2. The van der Waals surface area contributed by atoms with Gasteiger partial charge in [0.2, 0.25) is 5.96 Å². The zero-order valence-electron chi connectivity index (χ0n) is 10.1. The van der Waals surface area contributed by atoms with Crippen LogP contribution in [0.1, 0.15) is 18.9 Å². The highest BCUT2D eigenvalue weighted by Gasteiger charge is 2.25. The molecule has 2 amide bonds. The molecule has 1 heterocycles. The maximum Gasteiger partial charge on any atom is 0.316 e. The lowest BCUT2D eigenvalue weighted by Crippen LogP contribution is -2.27. The normalized spacial score (nSPS) is 16.2. The molecule has 1 unspecified atom stereocenters. The van der Waals surface area contributed by atoms with Gasteiger partial charge >= 0.3 is 11.8 Å². The monoisotopic (exact) mass is 245 g/mol. The molecule has 18 heavy (non-hydrogen) atoms. The standard InChI is InChI=1S/C13H15N3O2/c1-9(7-8-10-5-3-2-4-6-10)14-13-15-11(17)12(18)16-13/h2-6,9H,7-8H2,1H3,(H2,14,15,16,17,18). The first-order chi connectivity index (χ1) is 8.65. The second-order valence-electron chi connectivity index (χ2n) is 4.26. The van der Waals surface area contributed by atoms with Crippen LogP contribution >= 0.6 is 0 Å². The Hall–Kier alpha value is -2.17. The number of guanidine groups is 1. The molecule has 1 aromatic rings. The molecule has 2 N–H and O–H groups in total. The van der Waals surface area contributed by atoms with E-state index in [4.69, 9.17) is 0 Å². The summed E-state index contributed by atoms with van der Waals surface area (Å²) in [5.41, 5.74) is 1.25. The van der Waals surface area contributed by atoms with Crippen LogP contribution in [0.5, 0.6) is 0 Å². The smallest absolute Gasteiger partial charge is 0.288 e. The quantitative estimate of drug-likeness (QED) is 0.763. The first-order valence-electron chi connectivity index (χ1n) is 5.89. The van der Waals surface area contributed by atoms with Crippen molar-refractivity contribution in [2.24, 2.45) is 4.99 Å². The van der Waals surface area contributed by atoms with Gasteiger partial charge in [-0.2, -0.15) is 0 Å². The van der Waals surface area contributed by atoms with Crippen molar-refractivity contribution in [2.45, 2.75) is 25.8 Å². The molecule has 1 atom stereocenters. The molecule has 0 aliphatic carbocycles. The number of carbonyl (C=O) groups excluding carboxylic acids is 2. The lowest BCUT2D eigenvalue weighted by molar-refractivity contribution is -0.135. The van der Waals surface area contributed by atoms with Crippen molar-refractivity contribution in [1.29, 1.82) is 0 Å². The fraction of sp³-hybridized carbons (Fsp3) is 0.308. The molecule has 1 aliphatic heterocycles. The summed E-state index contributed by atoms with van der Waals surface area (Å²) < 4.78 is 0. The van der Waals surface area contributed by atoms with E-state index in [2.05, 4.69) is 27.8 Å². The molecule has 1 fully saturated rings. The average Bonchev–Trinajstić information content (AvgIpc) is 2.67. The Balaban J connectivity index is 1.86. The molecule has 1 saturated heterocycles. The molecule has 0 bridgehead atoms. The summed E-state index contributed by atoms with van der Waals surface area (Å²) in [5.74, 6) is -1.04. The highest BCUT2D eigenvalue weighted by molar-refractivity contribution is 6.45. The van der Waals surface area contributed by atoms with E-state index in [9.17, 15) is 9.59 Å². The molecule has 0 aromatic heterocycles. The second-order valence-corrected chi connectivity index (χ2v) is 4.26. The molecular formula is C13H15N3O2. The molecule has 0 saturated carbocycles. The van der Waals surface area contributed by atoms with Crippen LogP contribution in [-0.2, 0) is 16.0 Å². The minimum Gasteiger partial charge on any atom is -0.288 e. The lowest BCUT2D eigenvalue weighted by atomic mass is 10.1. The van der Waals surface area contributed by atoms with Gasteiger partial charge in [0.25, 0.3) is 0 Å². The van der Waals surface area contributed by atoms with Crippen LogP contribution in [0.2, 0.25) is 0 Å². The number of rotatable bonds is 4. The van der Waals surface area contributed by atoms with Gasteiger partial charge in [-0.3, -0.25) is 20.2 Å². The fourth-order valence-electron chi connectivity index (χ4n) is 1.73. The van der Waals surface area contributed by atoms with Crippen molar-refractivity contribution in [3.05, 3.63) is 35.9 Å². The fourth-order valence-corrected chi connectivity index (χ4v) is 1.73. The molecule has 1 aromatic carbocycles. The van der Waals surface area contributed by atoms with Gasteiger partial charge in [0.1, 0.15) is 0 Å². The van der Waals surface area contributed by atoms with Crippen molar-refractivity contribution in [1.82, 2.24) is 10.6 Å². The largest absolute Gasteiger partial charge is 0.316 e. The number of hydrogen-bond donors (Lipinski definition) is 2. The third-order valence-electron chi connectivity index (χ3n) is 2.71. The van der Waals surface area contributed by atoms with E-state index in [1.807, 2.05) is 25.1 Å². The van der Waals surface area contributed by atoms with E-state index < -0.39 is 11.8 Å². The average molecular weight is 245 g/mol. The predicted octanol–water partition coefficient (Wildman–Crippen LogP) is 0.610. The Morgan fingerprint density at radius 2 is 1.72 bits per heavy atom. The third-order valence-corrected chi connectivity index (χ3v) is 2.71. The number of amides is 2. The second kappa shape index (κ2) is 5.44. The lowest BCUT2D eigenvalue weighted by Gasteiger charge is -2.07. The minimum atomic E-state index is -0.649. The van der Waals surface area contributed by atoms with Crippen LogP contribution in [0.4, 0.5) is 0 Å². The van der Waals surface area contributed by atoms with Crippen molar-refractivity contribution >= 4 is 17.8 Å². The summed E-state index contributed by atoms with van der Waals surface area (Å²) in [7, 11) is 0.